The van der Waals surface area contributed by atoms with Crippen molar-refractivity contribution in [1.82, 2.24) is 4.98 Å². The number of anilines is 1. The lowest BCUT2D eigenvalue weighted by molar-refractivity contribution is 0.296. The van der Waals surface area contributed by atoms with Gasteiger partial charge in [0.25, 0.3) is 0 Å². The van der Waals surface area contributed by atoms with E-state index in [9.17, 15) is 0 Å². The highest BCUT2D eigenvalue weighted by Gasteiger charge is 2.07. The molecule has 0 bridgehead atoms. The normalized spacial score (nSPS) is 10.4. The molecule has 0 aliphatic carbocycles. The molecule has 0 spiro atoms. The standard InChI is InChI=1S/C15H18N2O/c1-10-5-4-6-17-14(10)9-18-15-11(2)7-13(16)8-12(15)3/h4-8H,9,16H2,1-3H3. The van der Waals surface area contributed by atoms with Crippen LogP contribution in [0.4, 0.5) is 5.69 Å². The largest absolute Gasteiger partial charge is 0.487 e. The van der Waals surface area contributed by atoms with E-state index in [1.54, 1.807) is 6.20 Å². The predicted molar refractivity (Wildman–Crippen MR) is 73.6 cm³/mol. The molecule has 2 aromatic rings. The first-order valence-electron chi connectivity index (χ1n) is 5.98. The zero-order valence-corrected chi connectivity index (χ0v) is 11.0. The van der Waals surface area contributed by atoms with E-state index in [4.69, 9.17) is 10.5 Å². The first kappa shape index (κ1) is 12.4. The molecule has 0 saturated heterocycles. The fraction of sp³-hybridized carbons (Fsp3) is 0.267. The van der Waals surface area contributed by atoms with Crippen molar-refractivity contribution in [1.29, 1.82) is 0 Å². The summed E-state index contributed by atoms with van der Waals surface area (Å²) >= 11 is 0. The second-order valence-electron chi connectivity index (χ2n) is 4.54. The molecule has 18 heavy (non-hydrogen) atoms. The highest BCUT2D eigenvalue weighted by Crippen LogP contribution is 2.26. The quantitative estimate of drug-likeness (QED) is 0.841. The lowest BCUT2D eigenvalue weighted by Crippen LogP contribution is -2.03. The maximum absolute atomic E-state index is 5.87. The summed E-state index contributed by atoms with van der Waals surface area (Å²) in [6.45, 7) is 6.53. The molecule has 94 valence electrons. The number of ether oxygens (including phenoxy) is 1. The number of nitrogens with two attached hydrogens (primary N) is 1. The van der Waals surface area contributed by atoms with Crippen molar-refractivity contribution in [2.75, 3.05) is 5.73 Å². The Bertz CT molecular complexity index is 541. The van der Waals surface area contributed by atoms with Crippen molar-refractivity contribution < 1.29 is 4.74 Å². The van der Waals surface area contributed by atoms with Crippen molar-refractivity contribution in [3.63, 3.8) is 0 Å². The van der Waals surface area contributed by atoms with Gasteiger partial charge in [0, 0.05) is 11.9 Å². The number of aromatic nitrogens is 1. The van der Waals surface area contributed by atoms with Gasteiger partial charge in [0.15, 0.2) is 0 Å². The van der Waals surface area contributed by atoms with E-state index in [-0.39, 0.29) is 0 Å². The number of hydrogen-bond donors (Lipinski definition) is 1. The molecule has 0 fully saturated rings. The van der Waals surface area contributed by atoms with Crippen LogP contribution in [-0.2, 0) is 6.61 Å². The molecule has 0 atom stereocenters. The summed E-state index contributed by atoms with van der Waals surface area (Å²) in [5.41, 5.74) is 10.8. The van der Waals surface area contributed by atoms with Gasteiger partial charge in [0.05, 0.1) is 5.69 Å². The molecule has 3 heteroatoms. The molecule has 0 aliphatic rings. The van der Waals surface area contributed by atoms with Crippen LogP contribution in [0.2, 0.25) is 0 Å². The Balaban J connectivity index is 2.19. The van der Waals surface area contributed by atoms with Crippen LogP contribution in [-0.4, -0.2) is 4.98 Å². The van der Waals surface area contributed by atoms with Crippen LogP contribution in [0.1, 0.15) is 22.4 Å². The Morgan fingerprint density at radius 2 is 1.78 bits per heavy atom. The Kier molecular flexibility index (Phi) is 3.51. The zero-order chi connectivity index (χ0) is 13.1. The molecule has 2 rings (SSSR count). The number of aryl methyl sites for hydroxylation is 3. The third-order valence-corrected chi connectivity index (χ3v) is 2.95. The number of hydrogen-bond acceptors (Lipinski definition) is 3. The van der Waals surface area contributed by atoms with Crippen molar-refractivity contribution >= 4 is 5.69 Å². The van der Waals surface area contributed by atoms with Gasteiger partial charge in [-0.05, 0) is 55.7 Å². The Hall–Kier alpha value is -2.03. The summed E-state index contributed by atoms with van der Waals surface area (Å²) in [6.07, 6.45) is 1.79. The summed E-state index contributed by atoms with van der Waals surface area (Å²) in [4.78, 5) is 4.32. The summed E-state index contributed by atoms with van der Waals surface area (Å²) in [5.74, 6) is 0.897. The van der Waals surface area contributed by atoms with Crippen molar-refractivity contribution in [3.8, 4) is 5.75 Å². The topological polar surface area (TPSA) is 48.1 Å². The predicted octanol–water partition coefficient (Wildman–Crippen LogP) is 3.17. The van der Waals surface area contributed by atoms with Crippen LogP contribution in [0, 0.1) is 20.8 Å². The molecule has 1 aromatic carbocycles. The highest BCUT2D eigenvalue weighted by atomic mass is 16.5. The average Bonchev–Trinajstić information content (AvgIpc) is 2.30. The van der Waals surface area contributed by atoms with Gasteiger partial charge in [0.1, 0.15) is 12.4 Å². The minimum absolute atomic E-state index is 0.484. The van der Waals surface area contributed by atoms with Gasteiger partial charge < -0.3 is 10.5 Å². The molecule has 0 saturated carbocycles. The van der Waals surface area contributed by atoms with E-state index in [1.165, 1.54) is 0 Å². The van der Waals surface area contributed by atoms with E-state index in [0.29, 0.717) is 6.61 Å². The third kappa shape index (κ3) is 2.62. The number of nitrogen functional groups attached to an aromatic ring is 1. The van der Waals surface area contributed by atoms with Crippen LogP contribution in [0.3, 0.4) is 0 Å². The Morgan fingerprint density at radius 3 is 2.39 bits per heavy atom. The third-order valence-electron chi connectivity index (χ3n) is 2.95. The molecule has 0 unspecified atom stereocenters. The van der Waals surface area contributed by atoms with Gasteiger partial charge in [-0.1, -0.05) is 6.07 Å². The number of benzene rings is 1. The fourth-order valence-corrected chi connectivity index (χ4v) is 2.02. The molecule has 0 aliphatic heterocycles. The van der Waals surface area contributed by atoms with E-state index in [1.807, 2.05) is 45.0 Å². The van der Waals surface area contributed by atoms with E-state index >= 15 is 0 Å². The Morgan fingerprint density at radius 1 is 1.11 bits per heavy atom. The summed E-state index contributed by atoms with van der Waals surface area (Å²) in [7, 11) is 0. The highest BCUT2D eigenvalue weighted by molar-refractivity contribution is 5.52. The molecule has 1 aromatic heterocycles. The van der Waals surface area contributed by atoms with Crippen LogP contribution in [0.15, 0.2) is 30.5 Å². The first-order valence-corrected chi connectivity index (χ1v) is 5.98. The van der Waals surface area contributed by atoms with Crippen LogP contribution in [0.25, 0.3) is 0 Å². The minimum atomic E-state index is 0.484. The van der Waals surface area contributed by atoms with Crippen LogP contribution >= 0.6 is 0 Å². The van der Waals surface area contributed by atoms with E-state index in [0.717, 1.165) is 33.8 Å². The van der Waals surface area contributed by atoms with Gasteiger partial charge in [-0.2, -0.15) is 0 Å². The van der Waals surface area contributed by atoms with Gasteiger partial charge in [-0.3, -0.25) is 4.98 Å². The molecular formula is C15H18N2O. The molecular weight excluding hydrogens is 224 g/mol. The first-order chi connectivity index (χ1) is 8.58. The summed E-state index contributed by atoms with van der Waals surface area (Å²) in [5, 5.41) is 0. The second-order valence-corrected chi connectivity index (χ2v) is 4.54. The fourth-order valence-electron chi connectivity index (χ4n) is 2.02. The van der Waals surface area contributed by atoms with E-state index in [2.05, 4.69) is 4.98 Å². The smallest absolute Gasteiger partial charge is 0.130 e. The lowest BCUT2D eigenvalue weighted by Gasteiger charge is -2.13. The van der Waals surface area contributed by atoms with Crippen LogP contribution < -0.4 is 10.5 Å². The maximum Gasteiger partial charge on any atom is 0.130 e. The van der Waals surface area contributed by atoms with Gasteiger partial charge in [-0.15, -0.1) is 0 Å². The zero-order valence-electron chi connectivity index (χ0n) is 11.0. The van der Waals surface area contributed by atoms with Crippen molar-refractivity contribution in [3.05, 3.63) is 52.8 Å². The molecule has 0 radical (unpaired) electrons. The minimum Gasteiger partial charge on any atom is -0.487 e. The maximum atomic E-state index is 5.87. The van der Waals surface area contributed by atoms with Crippen molar-refractivity contribution in [2.24, 2.45) is 0 Å². The van der Waals surface area contributed by atoms with Gasteiger partial charge >= 0.3 is 0 Å². The second kappa shape index (κ2) is 5.08. The molecule has 3 nitrogen and oxygen atoms in total. The SMILES string of the molecule is Cc1cccnc1COc1c(C)cc(N)cc1C. The molecule has 0 amide bonds. The van der Waals surface area contributed by atoms with E-state index < -0.39 is 0 Å². The summed E-state index contributed by atoms with van der Waals surface area (Å²) < 4.78 is 5.87. The van der Waals surface area contributed by atoms with Crippen LogP contribution in [0.5, 0.6) is 5.75 Å². The number of rotatable bonds is 3. The number of nitrogens with zero attached hydrogens (tertiary/aromatic N) is 1. The monoisotopic (exact) mass is 242 g/mol. The Labute approximate surface area is 108 Å². The molecule has 2 N–H and O–H groups in total. The van der Waals surface area contributed by atoms with Crippen molar-refractivity contribution in [2.45, 2.75) is 27.4 Å². The van der Waals surface area contributed by atoms with Gasteiger partial charge in [0.2, 0.25) is 0 Å². The lowest BCUT2D eigenvalue weighted by atomic mass is 10.1. The van der Waals surface area contributed by atoms with Gasteiger partial charge in [-0.25, -0.2) is 0 Å². The number of pyridine rings is 1. The summed E-state index contributed by atoms with van der Waals surface area (Å²) in [6, 6.07) is 7.81. The average molecular weight is 242 g/mol. The molecule has 1 heterocycles.